The highest BCUT2D eigenvalue weighted by atomic mass is 19.4. The van der Waals surface area contributed by atoms with Gasteiger partial charge in [0.05, 0.1) is 13.6 Å². The summed E-state index contributed by atoms with van der Waals surface area (Å²) in [7, 11) is -1.58. The highest BCUT2D eigenvalue weighted by molar-refractivity contribution is 6.33. The third kappa shape index (κ3) is 21.0. The Balaban J connectivity index is 0. The summed E-state index contributed by atoms with van der Waals surface area (Å²) in [6.07, 6.45) is 23.6. The lowest BCUT2D eigenvalue weighted by molar-refractivity contribution is -0.671. The number of imidazole rings is 1. The average Bonchev–Trinajstić information content (AvgIpc) is 2.93. The van der Waals surface area contributed by atoms with Gasteiger partial charge in [-0.25, -0.2) is 9.13 Å². The number of rotatable bonds is 13. The van der Waals surface area contributed by atoms with Gasteiger partial charge in [-0.2, -0.15) is 0 Å². The number of aromatic nitrogens is 2. The van der Waals surface area contributed by atoms with Crippen LogP contribution in [0.25, 0.3) is 0 Å². The Bertz CT molecular complexity index is 373. The zero-order valence-electron chi connectivity index (χ0n) is 15.9. The molecule has 0 spiro atoms. The molecule has 0 saturated carbocycles. The predicted molar refractivity (Wildman–Crippen MR) is 95.8 cm³/mol. The number of halogens is 4. The van der Waals surface area contributed by atoms with Gasteiger partial charge >= 0.3 is 7.54 Å². The van der Waals surface area contributed by atoms with Crippen molar-refractivity contribution < 1.29 is 22.2 Å². The van der Waals surface area contributed by atoms with Gasteiger partial charge in [0.15, 0.2) is 0 Å². The predicted octanol–water partition coefficient (Wildman–Crippen LogP) is 2.90. The highest BCUT2D eigenvalue weighted by Crippen LogP contribution is 2.12. The highest BCUT2D eigenvalue weighted by Gasteiger charge is 2.06. The second-order valence-corrected chi connectivity index (χ2v) is 6.45. The van der Waals surface area contributed by atoms with Crippen molar-refractivity contribution in [3.63, 3.8) is 0 Å². The molecule has 7 heteroatoms. The first-order valence-electron chi connectivity index (χ1n) is 9.49. The summed E-state index contributed by atoms with van der Waals surface area (Å²) in [5.41, 5.74) is 0. The van der Waals surface area contributed by atoms with Crippen LogP contribution in [-0.2, 0) is 13.6 Å². The van der Waals surface area contributed by atoms with Crippen molar-refractivity contribution in [3.05, 3.63) is 18.7 Å². The fraction of sp³-hybridized carbons (Fsp3) is 0.833. The van der Waals surface area contributed by atoms with Crippen molar-refractivity contribution in [1.29, 1.82) is 0 Å². The fourth-order valence-electron chi connectivity index (χ4n) is 2.77. The van der Waals surface area contributed by atoms with E-state index in [9.17, 15) is 12.9 Å². The van der Waals surface area contributed by atoms with Crippen LogP contribution in [0.4, 0.5) is 12.9 Å². The molecule has 1 aromatic heterocycles. The molecule has 2 nitrogen and oxygen atoms in total. The minimum atomic E-state index is -3.67. The lowest BCUT2D eigenvalue weighted by Crippen LogP contribution is -3.00. The quantitative estimate of drug-likeness (QED) is 0.220. The van der Waals surface area contributed by atoms with Crippen molar-refractivity contribution in [2.45, 2.75) is 90.5 Å². The lowest BCUT2D eigenvalue weighted by atomic mass is 10.1. The Hall–Kier alpha value is -1.01. The van der Waals surface area contributed by atoms with Gasteiger partial charge in [0.25, 0.3) is 0 Å². The van der Waals surface area contributed by atoms with E-state index < -0.39 is 7.54 Å². The third-order valence-electron chi connectivity index (χ3n) is 4.09. The van der Waals surface area contributed by atoms with E-state index in [0.29, 0.717) is 0 Å². The summed E-state index contributed by atoms with van der Waals surface area (Å²) in [5.74, 6) is 0. The maximum atomic E-state index is 9.67. The molecule has 0 aliphatic heterocycles. The molecular weight excluding hydrogens is 331 g/mol. The zero-order chi connectivity index (χ0) is 18.0. The molecule has 0 bridgehead atoms. The molecule has 25 heavy (non-hydrogen) atoms. The van der Waals surface area contributed by atoms with Crippen LogP contribution in [0.1, 0.15) is 84.0 Å². The van der Waals surface area contributed by atoms with Crippen LogP contribution in [0.2, 0.25) is 0 Å². The van der Waals surface area contributed by atoms with Crippen molar-refractivity contribution in [2.75, 3.05) is 0 Å². The first kappa shape index (κ1) is 26.2. The molecule has 1 heterocycles. The standard InChI is InChI=1S/C18H35N2.BF3.FH/c1-3-4-5-6-7-8-9-10-11-12-13-14-15-20-17-16-19(2)18-20;2-1(3)4;/h16-18H,3-15H2,1-2H3;;1H/q+1;;/p-1. The topological polar surface area (TPSA) is 8.81 Å². The van der Waals surface area contributed by atoms with Crippen LogP contribution in [0.3, 0.4) is 0 Å². The number of nitrogens with zero attached hydrogens (tertiary/aromatic N) is 2. The van der Waals surface area contributed by atoms with Crippen molar-refractivity contribution >= 4 is 7.54 Å². The molecule has 0 unspecified atom stereocenters. The zero-order valence-corrected chi connectivity index (χ0v) is 15.9. The Labute approximate surface area is 151 Å². The molecule has 148 valence electrons. The largest absolute Gasteiger partial charge is 1.00 e. The van der Waals surface area contributed by atoms with E-state index in [0.717, 1.165) is 0 Å². The second-order valence-electron chi connectivity index (χ2n) is 6.45. The van der Waals surface area contributed by atoms with Crippen molar-refractivity contribution in [1.82, 2.24) is 4.57 Å². The van der Waals surface area contributed by atoms with Gasteiger partial charge in [-0.15, -0.1) is 0 Å². The monoisotopic (exact) mass is 366 g/mol. The first-order valence-corrected chi connectivity index (χ1v) is 9.49. The van der Waals surface area contributed by atoms with Crippen LogP contribution in [0, 0.1) is 0 Å². The summed E-state index contributed by atoms with van der Waals surface area (Å²) in [5, 5.41) is 0. The van der Waals surface area contributed by atoms with E-state index in [4.69, 9.17) is 0 Å². The molecule has 0 atom stereocenters. The summed E-state index contributed by atoms with van der Waals surface area (Å²) in [6.45, 7) is 3.47. The maximum absolute atomic E-state index is 9.67. The van der Waals surface area contributed by atoms with E-state index in [1.807, 2.05) is 0 Å². The van der Waals surface area contributed by atoms with Crippen LogP contribution < -0.4 is 9.27 Å². The van der Waals surface area contributed by atoms with Gasteiger partial charge in [0.2, 0.25) is 6.33 Å². The Kier molecular flexibility index (Phi) is 20.3. The van der Waals surface area contributed by atoms with Crippen LogP contribution in [0.15, 0.2) is 18.7 Å². The molecular formula is C18H35BF4N2. The first-order chi connectivity index (χ1) is 11.6. The normalized spacial score (nSPS) is 9.96. The van der Waals surface area contributed by atoms with Gasteiger partial charge in [-0.3, -0.25) is 12.9 Å². The molecule has 0 aromatic carbocycles. The minimum absolute atomic E-state index is 0. The van der Waals surface area contributed by atoms with Gasteiger partial charge in [-0.05, 0) is 12.8 Å². The van der Waals surface area contributed by atoms with Crippen LogP contribution in [-0.4, -0.2) is 12.1 Å². The number of aryl methyl sites for hydroxylation is 2. The van der Waals surface area contributed by atoms with E-state index >= 15 is 0 Å². The molecule has 1 aromatic rings. The molecule has 0 aliphatic rings. The summed E-state index contributed by atoms with van der Waals surface area (Å²) in [6, 6.07) is 0. The lowest BCUT2D eigenvalue weighted by Gasteiger charge is -2.02. The molecule has 1 rings (SSSR count). The van der Waals surface area contributed by atoms with E-state index in [1.165, 1.54) is 83.6 Å². The van der Waals surface area contributed by atoms with Crippen molar-refractivity contribution in [2.24, 2.45) is 7.05 Å². The van der Waals surface area contributed by atoms with Gasteiger partial charge in [0, 0.05) is 0 Å². The number of hydrogen-bond acceptors (Lipinski definition) is 0. The van der Waals surface area contributed by atoms with Crippen molar-refractivity contribution in [3.8, 4) is 0 Å². The second kappa shape index (κ2) is 19.3. The van der Waals surface area contributed by atoms with E-state index in [2.05, 4.69) is 41.8 Å². The Morgan fingerprint density at radius 2 is 1.20 bits per heavy atom. The van der Waals surface area contributed by atoms with Gasteiger partial charge < -0.3 is 4.70 Å². The van der Waals surface area contributed by atoms with Crippen LogP contribution >= 0.6 is 0 Å². The fourth-order valence-corrected chi connectivity index (χ4v) is 2.77. The molecule has 0 radical (unpaired) electrons. The van der Waals surface area contributed by atoms with Gasteiger partial charge in [-0.1, -0.05) is 71.1 Å². The smallest absolute Gasteiger partial charge is 0.762 e. The molecule has 0 fully saturated rings. The van der Waals surface area contributed by atoms with E-state index in [1.54, 1.807) is 0 Å². The minimum Gasteiger partial charge on any atom is -1.00 e. The summed E-state index contributed by atoms with van der Waals surface area (Å²) in [4.78, 5) is 0. The number of hydrogen-bond donors (Lipinski definition) is 0. The van der Waals surface area contributed by atoms with E-state index in [-0.39, 0.29) is 4.70 Å². The van der Waals surface area contributed by atoms with Crippen LogP contribution in [0.5, 0.6) is 0 Å². The molecule has 0 N–H and O–H groups in total. The Morgan fingerprint density at radius 1 is 0.800 bits per heavy atom. The van der Waals surface area contributed by atoms with Gasteiger partial charge in [0.1, 0.15) is 12.4 Å². The molecule has 0 saturated heterocycles. The third-order valence-corrected chi connectivity index (χ3v) is 4.09. The number of unbranched alkanes of at least 4 members (excludes halogenated alkanes) is 11. The average molecular weight is 366 g/mol. The molecule has 0 aliphatic carbocycles. The summed E-state index contributed by atoms with van der Waals surface area (Å²) >= 11 is 0. The summed E-state index contributed by atoms with van der Waals surface area (Å²) < 4.78 is 33.4. The SMILES string of the molecule is CCCCCCCCCCCCCCn1cc[n+](C)c1.FB(F)F.[F-]. The Morgan fingerprint density at radius 3 is 1.56 bits per heavy atom. The maximum Gasteiger partial charge on any atom is 0.762 e. The molecule has 0 amide bonds.